The number of hydrogen-bond acceptors (Lipinski definition) is 1. The molecule has 1 aromatic heterocycles. The summed E-state index contributed by atoms with van der Waals surface area (Å²) in [6.45, 7) is 4.64. The van der Waals surface area contributed by atoms with Crippen LogP contribution in [0.2, 0.25) is 0 Å². The van der Waals surface area contributed by atoms with E-state index >= 15 is 0 Å². The minimum atomic E-state index is -0.0467. The van der Waals surface area contributed by atoms with Gasteiger partial charge in [-0.2, -0.15) is 0 Å². The largest absolute Gasteiger partial charge is 0.456 e. The summed E-state index contributed by atoms with van der Waals surface area (Å²) < 4.78 is 6.63. The van der Waals surface area contributed by atoms with Crippen LogP contribution in [0.3, 0.4) is 0 Å². The fourth-order valence-electron chi connectivity index (χ4n) is 7.26. The standard InChI is InChI=1S/C39H26O/c1-39(2)34-14-8-7-13-28(34)32-21-33-29-17-16-25(20-36(29)40-37(33)22-35(32)39)38-27-12-6-4-10-24(27)19-31-26-11-5-3-9-23(26)15-18-30(31)38/h3-22H,1-2H3. The Morgan fingerprint density at radius 1 is 0.450 bits per heavy atom. The second kappa shape index (κ2) is 7.61. The van der Waals surface area contributed by atoms with E-state index in [1.807, 2.05) is 0 Å². The van der Waals surface area contributed by atoms with Crippen LogP contribution in [0.25, 0.3) is 76.5 Å². The number of hydrogen-bond donors (Lipinski definition) is 0. The van der Waals surface area contributed by atoms with Gasteiger partial charge in [0.05, 0.1) is 0 Å². The van der Waals surface area contributed by atoms with Crippen molar-refractivity contribution in [1.82, 2.24) is 0 Å². The van der Waals surface area contributed by atoms with Crippen LogP contribution in [-0.2, 0) is 5.41 Å². The molecule has 9 rings (SSSR count). The van der Waals surface area contributed by atoms with Crippen LogP contribution in [0.1, 0.15) is 25.0 Å². The zero-order chi connectivity index (χ0) is 26.6. The number of furan rings is 1. The molecule has 0 fully saturated rings. The van der Waals surface area contributed by atoms with Gasteiger partial charge in [-0.3, -0.25) is 0 Å². The highest BCUT2D eigenvalue weighted by molar-refractivity contribution is 6.20. The average molecular weight is 511 g/mol. The van der Waals surface area contributed by atoms with Crippen LogP contribution in [0.15, 0.2) is 126 Å². The lowest BCUT2D eigenvalue weighted by Gasteiger charge is -2.21. The summed E-state index contributed by atoms with van der Waals surface area (Å²) in [4.78, 5) is 0. The summed E-state index contributed by atoms with van der Waals surface area (Å²) in [6.07, 6.45) is 0. The molecule has 0 spiro atoms. The lowest BCUT2D eigenvalue weighted by Crippen LogP contribution is -2.14. The van der Waals surface area contributed by atoms with Gasteiger partial charge in [0.1, 0.15) is 11.2 Å². The molecule has 0 aliphatic heterocycles. The van der Waals surface area contributed by atoms with Gasteiger partial charge in [-0.25, -0.2) is 0 Å². The number of rotatable bonds is 1. The Labute approximate surface area is 232 Å². The fraction of sp³-hybridized carbons (Fsp3) is 0.0769. The first-order chi connectivity index (χ1) is 19.6. The first-order valence-corrected chi connectivity index (χ1v) is 14.0. The van der Waals surface area contributed by atoms with Gasteiger partial charge in [-0.15, -0.1) is 0 Å². The minimum absolute atomic E-state index is 0.0467. The Morgan fingerprint density at radius 2 is 1.18 bits per heavy atom. The molecule has 40 heavy (non-hydrogen) atoms. The molecular formula is C39H26O. The fourth-order valence-corrected chi connectivity index (χ4v) is 7.26. The molecule has 8 aromatic rings. The Kier molecular flexibility index (Phi) is 4.18. The van der Waals surface area contributed by atoms with Crippen molar-refractivity contribution in [3.05, 3.63) is 132 Å². The molecule has 7 aromatic carbocycles. The SMILES string of the molecule is CC1(C)c2ccccc2-c2cc3c(cc21)oc1cc(-c2c4ccccc4cc4c2ccc2ccccc24)ccc13. The molecule has 0 saturated carbocycles. The van der Waals surface area contributed by atoms with Gasteiger partial charge >= 0.3 is 0 Å². The molecule has 1 heterocycles. The van der Waals surface area contributed by atoms with Crippen molar-refractivity contribution in [1.29, 1.82) is 0 Å². The van der Waals surface area contributed by atoms with E-state index in [2.05, 4.69) is 135 Å². The molecule has 0 radical (unpaired) electrons. The van der Waals surface area contributed by atoms with Crippen LogP contribution in [0.5, 0.6) is 0 Å². The highest BCUT2D eigenvalue weighted by atomic mass is 16.3. The van der Waals surface area contributed by atoms with Crippen LogP contribution in [0.4, 0.5) is 0 Å². The zero-order valence-electron chi connectivity index (χ0n) is 22.5. The smallest absolute Gasteiger partial charge is 0.136 e. The minimum Gasteiger partial charge on any atom is -0.456 e. The highest BCUT2D eigenvalue weighted by Gasteiger charge is 2.36. The maximum Gasteiger partial charge on any atom is 0.136 e. The molecule has 0 N–H and O–H groups in total. The van der Waals surface area contributed by atoms with E-state index in [1.54, 1.807) is 0 Å². The second-order valence-electron chi connectivity index (χ2n) is 11.7. The summed E-state index contributed by atoms with van der Waals surface area (Å²) >= 11 is 0. The van der Waals surface area contributed by atoms with E-state index in [4.69, 9.17) is 4.42 Å². The van der Waals surface area contributed by atoms with Gasteiger partial charge in [-0.05, 0) is 96.0 Å². The summed E-state index contributed by atoms with van der Waals surface area (Å²) in [5.41, 5.74) is 9.68. The van der Waals surface area contributed by atoms with Crippen molar-refractivity contribution < 1.29 is 4.42 Å². The third-order valence-electron chi connectivity index (χ3n) is 9.23. The van der Waals surface area contributed by atoms with E-state index < -0.39 is 0 Å². The Morgan fingerprint density at radius 3 is 2.08 bits per heavy atom. The molecule has 1 nitrogen and oxygen atoms in total. The summed E-state index contributed by atoms with van der Waals surface area (Å²) in [5, 5.41) is 9.97. The van der Waals surface area contributed by atoms with Gasteiger partial charge < -0.3 is 4.42 Å². The van der Waals surface area contributed by atoms with Crippen molar-refractivity contribution >= 4 is 54.3 Å². The van der Waals surface area contributed by atoms with Gasteiger partial charge in [0.2, 0.25) is 0 Å². The zero-order valence-corrected chi connectivity index (χ0v) is 22.5. The number of benzene rings is 7. The first kappa shape index (κ1) is 22.0. The van der Waals surface area contributed by atoms with Crippen LogP contribution >= 0.6 is 0 Å². The monoisotopic (exact) mass is 510 g/mol. The Balaban J connectivity index is 1.32. The van der Waals surface area contributed by atoms with Gasteiger partial charge in [0, 0.05) is 16.2 Å². The second-order valence-corrected chi connectivity index (χ2v) is 11.7. The van der Waals surface area contributed by atoms with Crippen molar-refractivity contribution in [2.45, 2.75) is 19.3 Å². The lowest BCUT2D eigenvalue weighted by molar-refractivity contribution is 0.647. The highest BCUT2D eigenvalue weighted by Crippen LogP contribution is 2.51. The normalized spacial score (nSPS) is 13.9. The molecule has 0 bridgehead atoms. The van der Waals surface area contributed by atoms with Gasteiger partial charge in [-0.1, -0.05) is 105 Å². The quantitative estimate of drug-likeness (QED) is 0.158. The summed E-state index contributed by atoms with van der Waals surface area (Å²) in [5.74, 6) is 0. The maximum absolute atomic E-state index is 6.63. The van der Waals surface area contributed by atoms with Crippen molar-refractivity contribution in [3.63, 3.8) is 0 Å². The molecule has 0 saturated heterocycles. The van der Waals surface area contributed by atoms with Crippen molar-refractivity contribution in [2.24, 2.45) is 0 Å². The molecule has 1 aliphatic rings. The summed E-state index contributed by atoms with van der Waals surface area (Å²) in [7, 11) is 0. The van der Waals surface area contributed by atoms with E-state index in [1.165, 1.54) is 76.5 Å². The van der Waals surface area contributed by atoms with Crippen LogP contribution in [-0.4, -0.2) is 0 Å². The molecular weight excluding hydrogens is 484 g/mol. The third-order valence-corrected chi connectivity index (χ3v) is 9.23. The molecule has 1 aliphatic carbocycles. The molecule has 188 valence electrons. The lowest BCUT2D eigenvalue weighted by atomic mass is 9.82. The molecule has 0 unspecified atom stereocenters. The topological polar surface area (TPSA) is 13.1 Å². The molecule has 1 heteroatoms. The van der Waals surface area contributed by atoms with Crippen LogP contribution in [0, 0.1) is 0 Å². The third kappa shape index (κ3) is 2.82. The van der Waals surface area contributed by atoms with E-state index in [9.17, 15) is 0 Å². The average Bonchev–Trinajstić information content (AvgIpc) is 3.46. The molecule has 0 amide bonds. The number of fused-ring (bicyclic) bond motifs is 10. The first-order valence-electron chi connectivity index (χ1n) is 14.0. The van der Waals surface area contributed by atoms with E-state index in [0.717, 1.165) is 11.2 Å². The van der Waals surface area contributed by atoms with Crippen molar-refractivity contribution in [2.75, 3.05) is 0 Å². The van der Waals surface area contributed by atoms with E-state index in [-0.39, 0.29) is 5.41 Å². The summed E-state index contributed by atoms with van der Waals surface area (Å²) in [6, 6.07) is 44.5. The van der Waals surface area contributed by atoms with Crippen LogP contribution < -0.4 is 0 Å². The van der Waals surface area contributed by atoms with Gasteiger partial charge in [0.25, 0.3) is 0 Å². The predicted molar refractivity (Wildman–Crippen MR) is 169 cm³/mol. The predicted octanol–water partition coefficient (Wildman–Crippen LogP) is 11.0. The van der Waals surface area contributed by atoms with E-state index in [0.29, 0.717) is 0 Å². The maximum atomic E-state index is 6.63. The van der Waals surface area contributed by atoms with Gasteiger partial charge in [0.15, 0.2) is 0 Å². The molecule has 0 atom stereocenters. The Hall–Kier alpha value is -4.88. The Bertz CT molecular complexity index is 2350. The van der Waals surface area contributed by atoms with Crippen molar-refractivity contribution in [3.8, 4) is 22.3 Å².